The van der Waals surface area contributed by atoms with Crippen LogP contribution in [0.15, 0.2) is 18.2 Å². The van der Waals surface area contributed by atoms with Crippen molar-refractivity contribution in [3.05, 3.63) is 35.3 Å². The number of fused-ring (bicyclic) bond motifs is 1. The summed E-state index contributed by atoms with van der Waals surface area (Å²) in [6.07, 6.45) is 0.943. The van der Waals surface area contributed by atoms with Gasteiger partial charge in [-0.05, 0) is 51.8 Å². The van der Waals surface area contributed by atoms with E-state index in [9.17, 15) is 14.0 Å². The number of aromatic amines is 1. The highest BCUT2D eigenvalue weighted by Gasteiger charge is 2.32. The summed E-state index contributed by atoms with van der Waals surface area (Å²) in [7, 11) is 1.23. The van der Waals surface area contributed by atoms with Gasteiger partial charge in [-0.15, -0.1) is 0 Å². The lowest BCUT2D eigenvalue weighted by Gasteiger charge is -2.30. The van der Waals surface area contributed by atoms with Crippen LogP contribution in [0.25, 0.3) is 11.3 Å². The number of methoxy groups -OCH3 is 1. The fourth-order valence-electron chi connectivity index (χ4n) is 3.00. The van der Waals surface area contributed by atoms with Crippen LogP contribution in [0.4, 0.5) is 14.9 Å². The van der Waals surface area contributed by atoms with Crippen LogP contribution in [-0.2, 0) is 15.9 Å². The van der Waals surface area contributed by atoms with Gasteiger partial charge in [0.2, 0.25) is 0 Å². The number of nitrogens with one attached hydrogen (secondary N) is 1. The Morgan fingerprint density at radius 1 is 1.30 bits per heavy atom. The van der Waals surface area contributed by atoms with E-state index < -0.39 is 23.5 Å². The molecule has 1 aromatic heterocycles. The molecule has 0 saturated carbocycles. The van der Waals surface area contributed by atoms with Gasteiger partial charge in [-0.1, -0.05) is 0 Å². The van der Waals surface area contributed by atoms with E-state index in [1.165, 1.54) is 24.1 Å². The van der Waals surface area contributed by atoms with Gasteiger partial charge < -0.3 is 9.47 Å². The highest BCUT2D eigenvalue weighted by atomic mass is 19.1. The third-order valence-electron chi connectivity index (χ3n) is 4.15. The molecule has 1 amide bonds. The topological polar surface area (TPSA) is 84.5 Å². The number of aromatic nitrogens is 2. The lowest BCUT2D eigenvalue weighted by atomic mass is 10.0. The maximum absolute atomic E-state index is 14.7. The average Bonchev–Trinajstić information content (AvgIpc) is 3.03. The zero-order chi connectivity index (χ0) is 19.8. The van der Waals surface area contributed by atoms with E-state index in [1.54, 1.807) is 20.8 Å². The molecule has 7 nitrogen and oxygen atoms in total. The Balaban J connectivity index is 2.01. The number of H-pyrrole nitrogens is 1. The van der Waals surface area contributed by atoms with Crippen LogP contribution >= 0.6 is 0 Å². The van der Waals surface area contributed by atoms with Crippen LogP contribution in [0.5, 0.6) is 0 Å². The standard InChI is InChI=1S/C19H22FN3O4/c1-19(2,3)27-18(25)23-9-5-6-14-16(23)15(22-21-14)12-8-7-11(10-13(12)20)17(24)26-4/h7-8,10H,5-6,9H2,1-4H3,(H,21,22). The molecular weight excluding hydrogens is 353 g/mol. The summed E-state index contributed by atoms with van der Waals surface area (Å²) in [5, 5.41) is 7.11. The Labute approximate surface area is 156 Å². The molecule has 144 valence electrons. The number of anilines is 1. The molecule has 0 spiro atoms. The summed E-state index contributed by atoms with van der Waals surface area (Å²) in [4.78, 5) is 25.7. The predicted molar refractivity (Wildman–Crippen MR) is 97.2 cm³/mol. The number of carbonyl (C=O) groups is 2. The van der Waals surface area contributed by atoms with E-state index in [4.69, 9.17) is 4.74 Å². The van der Waals surface area contributed by atoms with Gasteiger partial charge >= 0.3 is 12.1 Å². The number of aryl methyl sites for hydroxylation is 1. The van der Waals surface area contributed by atoms with Crippen molar-refractivity contribution in [2.45, 2.75) is 39.2 Å². The number of carbonyl (C=O) groups excluding carboxylic acids is 2. The molecule has 0 atom stereocenters. The van der Waals surface area contributed by atoms with Crippen LogP contribution in [0.2, 0.25) is 0 Å². The van der Waals surface area contributed by atoms with Gasteiger partial charge in [-0.2, -0.15) is 5.10 Å². The molecule has 8 heteroatoms. The largest absolute Gasteiger partial charge is 0.465 e. The number of hydrogen-bond acceptors (Lipinski definition) is 5. The molecule has 1 aliphatic heterocycles. The molecule has 1 N–H and O–H groups in total. The van der Waals surface area contributed by atoms with Gasteiger partial charge in [-0.25, -0.2) is 14.0 Å². The predicted octanol–water partition coefficient (Wildman–Crippen LogP) is 3.69. The average molecular weight is 375 g/mol. The van der Waals surface area contributed by atoms with Crippen molar-refractivity contribution < 1.29 is 23.5 Å². The number of benzene rings is 1. The Morgan fingerprint density at radius 2 is 2.04 bits per heavy atom. The summed E-state index contributed by atoms with van der Waals surface area (Å²) in [5.41, 5.74) is 1.22. The Morgan fingerprint density at radius 3 is 2.67 bits per heavy atom. The monoisotopic (exact) mass is 375 g/mol. The first kappa shape index (κ1) is 18.9. The molecule has 27 heavy (non-hydrogen) atoms. The first-order chi connectivity index (χ1) is 12.7. The molecule has 0 fully saturated rings. The second-order valence-electron chi connectivity index (χ2n) is 7.32. The Hall–Kier alpha value is -2.90. The van der Waals surface area contributed by atoms with Crippen molar-refractivity contribution in [2.24, 2.45) is 0 Å². The summed E-state index contributed by atoms with van der Waals surface area (Å²) in [5.74, 6) is -1.25. The summed E-state index contributed by atoms with van der Waals surface area (Å²) >= 11 is 0. The number of rotatable bonds is 2. The Bertz CT molecular complexity index is 886. The highest BCUT2D eigenvalue weighted by Crippen LogP contribution is 2.37. The molecule has 0 unspecified atom stereocenters. The minimum absolute atomic E-state index is 0.104. The van der Waals surface area contributed by atoms with E-state index in [0.717, 1.165) is 18.2 Å². The lowest BCUT2D eigenvalue weighted by Crippen LogP contribution is -2.39. The van der Waals surface area contributed by atoms with Crippen LogP contribution in [0, 0.1) is 5.82 Å². The van der Waals surface area contributed by atoms with Gasteiger partial charge in [-0.3, -0.25) is 10.00 Å². The third-order valence-corrected chi connectivity index (χ3v) is 4.15. The molecule has 2 aromatic rings. The number of esters is 1. The van der Waals surface area contributed by atoms with Gasteiger partial charge in [0, 0.05) is 12.1 Å². The molecular formula is C19H22FN3O4. The van der Waals surface area contributed by atoms with E-state index in [2.05, 4.69) is 14.9 Å². The summed E-state index contributed by atoms with van der Waals surface area (Å²) < 4.78 is 24.8. The lowest BCUT2D eigenvalue weighted by molar-refractivity contribution is 0.0574. The molecule has 3 rings (SSSR count). The van der Waals surface area contributed by atoms with Crippen molar-refractivity contribution in [1.29, 1.82) is 0 Å². The number of nitrogens with zero attached hydrogens (tertiary/aromatic N) is 2. The second kappa shape index (κ2) is 7.02. The maximum Gasteiger partial charge on any atom is 0.414 e. The molecule has 2 heterocycles. The van der Waals surface area contributed by atoms with Gasteiger partial charge in [0.1, 0.15) is 17.1 Å². The van der Waals surface area contributed by atoms with Crippen molar-refractivity contribution in [2.75, 3.05) is 18.6 Å². The summed E-state index contributed by atoms with van der Waals surface area (Å²) in [6.45, 7) is 5.82. The SMILES string of the molecule is COC(=O)c1ccc(-c2n[nH]c3c2N(C(=O)OC(C)(C)C)CCC3)c(F)c1. The third kappa shape index (κ3) is 3.79. The molecule has 1 aliphatic rings. The van der Waals surface area contributed by atoms with Crippen LogP contribution in [-0.4, -0.2) is 41.5 Å². The number of halogens is 1. The smallest absolute Gasteiger partial charge is 0.414 e. The van der Waals surface area contributed by atoms with E-state index in [0.29, 0.717) is 24.3 Å². The van der Waals surface area contributed by atoms with E-state index >= 15 is 0 Å². The highest BCUT2D eigenvalue weighted by molar-refractivity contribution is 5.95. The van der Waals surface area contributed by atoms with E-state index in [1.807, 2.05) is 0 Å². The zero-order valence-electron chi connectivity index (χ0n) is 15.8. The fourth-order valence-corrected chi connectivity index (χ4v) is 3.00. The van der Waals surface area contributed by atoms with Crippen molar-refractivity contribution >= 4 is 17.7 Å². The quantitative estimate of drug-likeness (QED) is 0.809. The molecule has 1 aromatic carbocycles. The normalized spacial score (nSPS) is 13.9. The minimum Gasteiger partial charge on any atom is -0.465 e. The molecule has 0 radical (unpaired) electrons. The van der Waals surface area contributed by atoms with Crippen LogP contribution in [0.3, 0.4) is 0 Å². The van der Waals surface area contributed by atoms with Gasteiger partial charge in [0.05, 0.1) is 24.1 Å². The second-order valence-corrected chi connectivity index (χ2v) is 7.32. The zero-order valence-corrected chi connectivity index (χ0v) is 15.8. The Kier molecular flexibility index (Phi) is 4.91. The van der Waals surface area contributed by atoms with Crippen molar-refractivity contribution in [1.82, 2.24) is 10.2 Å². The van der Waals surface area contributed by atoms with Crippen LogP contribution in [0.1, 0.15) is 43.2 Å². The van der Waals surface area contributed by atoms with Crippen LogP contribution < -0.4 is 4.90 Å². The van der Waals surface area contributed by atoms with Crippen molar-refractivity contribution in [3.8, 4) is 11.3 Å². The minimum atomic E-state index is -0.647. The van der Waals surface area contributed by atoms with Crippen molar-refractivity contribution in [3.63, 3.8) is 0 Å². The molecule has 0 saturated heterocycles. The molecule has 0 bridgehead atoms. The fraction of sp³-hybridized carbons (Fsp3) is 0.421. The van der Waals surface area contributed by atoms with E-state index in [-0.39, 0.29) is 11.1 Å². The number of ether oxygens (including phenoxy) is 2. The maximum atomic E-state index is 14.7. The first-order valence-electron chi connectivity index (χ1n) is 8.67. The van der Waals surface area contributed by atoms with Gasteiger partial charge in [0.15, 0.2) is 0 Å². The van der Waals surface area contributed by atoms with Gasteiger partial charge in [0.25, 0.3) is 0 Å². The molecule has 0 aliphatic carbocycles. The summed E-state index contributed by atoms with van der Waals surface area (Å²) in [6, 6.07) is 4.02. The first-order valence-corrected chi connectivity index (χ1v) is 8.67. The number of hydrogen-bond donors (Lipinski definition) is 1. The number of amides is 1.